The molecule has 0 bridgehead atoms. The Kier molecular flexibility index (Phi) is 5.71. The predicted molar refractivity (Wildman–Crippen MR) is 101 cm³/mol. The Labute approximate surface area is 155 Å². The summed E-state index contributed by atoms with van der Waals surface area (Å²) in [5.74, 6) is -0.717. The van der Waals surface area contributed by atoms with Crippen LogP contribution in [-0.2, 0) is 6.54 Å². The maximum absolute atomic E-state index is 13.5. The van der Waals surface area contributed by atoms with Crippen LogP contribution in [0.25, 0.3) is 0 Å². The number of hydrogen-bond acceptors (Lipinski definition) is 3. The van der Waals surface area contributed by atoms with Crippen LogP contribution in [0.15, 0.2) is 46.9 Å². The Bertz CT molecular complexity index is 740. The minimum Gasteiger partial charge on any atom is -0.369 e. The Morgan fingerprint density at radius 3 is 2.60 bits per heavy atom. The summed E-state index contributed by atoms with van der Waals surface area (Å²) in [5.41, 5.74) is 2.52. The average molecular weight is 406 g/mol. The maximum Gasteiger partial charge on any atom is 0.251 e. The van der Waals surface area contributed by atoms with Crippen molar-refractivity contribution in [1.29, 1.82) is 0 Å². The SMILES string of the molecule is CN1CCN(c2ccccc2CNC(=O)c2cc(F)cc(Br)c2)CC1. The number of anilines is 1. The third kappa shape index (κ3) is 4.58. The van der Waals surface area contributed by atoms with E-state index in [2.05, 4.69) is 44.2 Å². The maximum atomic E-state index is 13.5. The molecular formula is C19H21BrFN3O. The molecule has 1 aliphatic rings. The molecule has 3 rings (SSSR count). The highest BCUT2D eigenvalue weighted by atomic mass is 79.9. The average Bonchev–Trinajstić information content (AvgIpc) is 2.60. The number of halogens is 2. The van der Waals surface area contributed by atoms with Crippen molar-refractivity contribution in [3.8, 4) is 0 Å². The van der Waals surface area contributed by atoms with E-state index in [9.17, 15) is 9.18 Å². The van der Waals surface area contributed by atoms with Crippen molar-refractivity contribution in [2.24, 2.45) is 0 Å². The molecular weight excluding hydrogens is 385 g/mol. The van der Waals surface area contributed by atoms with E-state index in [1.807, 2.05) is 18.2 Å². The van der Waals surface area contributed by atoms with Gasteiger partial charge in [0, 0.05) is 48.4 Å². The second-order valence-corrected chi connectivity index (χ2v) is 7.18. The van der Waals surface area contributed by atoms with Gasteiger partial charge in [0.15, 0.2) is 0 Å². The zero-order chi connectivity index (χ0) is 17.8. The fourth-order valence-corrected chi connectivity index (χ4v) is 3.44. The van der Waals surface area contributed by atoms with Gasteiger partial charge >= 0.3 is 0 Å². The van der Waals surface area contributed by atoms with Crippen molar-refractivity contribution in [3.05, 3.63) is 63.9 Å². The highest BCUT2D eigenvalue weighted by molar-refractivity contribution is 9.10. The highest BCUT2D eigenvalue weighted by Crippen LogP contribution is 2.22. The number of nitrogens with zero attached hydrogens (tertiary/aromatic N) is 2. The molecule has 25 heavy (non-hydrogen) atoms. The van der Waals surface area contributed by atoms with Crippen LogP contribution in [0.3, 0.4) is 0 Å². The molecule has 1 saturated heterocycles. The molecule has 0 aromatic heterocycles. The normalized spacial score (nSPS) is 15.2. The Balaban J connectivity index is 1.70. The van der Waals surface area contributed by atoms with Crippen LogP contribution in [0.4, 0.5) is 10.1 Å². The fraction of sp³-hybridized carbons (Fsp3) is 0.316. The monoisotopic (exact) mass is 405 g/mol. The number of amides is 1. The van der Waals surface area contributed by atoms with Crippen LogP contribution < -0.4 is 10.2 Å². The first kappa shape index (κ1) is 17.9. The molecule has 1 N–H and O–H groups in total. The summed E-state index contributed by atoms with van der Waals surface area (Å²) in [6.07, 6.45) is 0. The highest BCUT2D eigenvalue weighted by Gasteiger charge is 2.17. The van der Waals surface area contributed by atoms with E-state index in [-0.39, 0.29) is 5.91 Å². The van der Waals surface area contributed by atoms with E-state index >= 15 is 0 Å². The summed E-state index contributed by atoms with van der Waals surface area (Å²) in [4.78, 5) is 17.0. The molecule has 0 radical (unpaired) electrons. The van der Waals surface area contributed by atoms with E-state index in [1.165, 1.54) is 12.1 Å². The molecule has 4 nitrogen and oxygen atoms in total. The van der Waals surface area contributed by atoms with Gasteiger partial charge in [-0.1, -0.05) is 34.1 Å². The molecule has 0 aliphatic carbocycles. The lowest BCUT2D eigenvalue weighted by Crippen LogP contribution is -2.45. The zero-order valence-electron chi connectivity index (χ0n) is 14.1. The van der Waals surface area contributed by atoms with Gasteiger partial charge in [0.1, 0.15) is 5.82 Å². The standard InChI is InChI=1S/C19H21BrFN3O/c1-23-6-8-24(9-7-23)18-5-3-2-4-14(18)13-22-19(25)15-10-16(20)12-17(21)11-15/h2-5,10-12H,6-9,13H2,1H3,(H,22,25). The van der Waals surface area contributed by atoms with Crippen molar-refractivity contribution < 1.29 is 9.18 Å². The van der Waals surface area contributed by atoms with Gasteiger partial charge < -0.3 is 15.1 Å². The van der Waals surface area contributed by atoms with Crippen molar-refractivity contribution in [2.75, 3.05) is 38.1 Å². The molecule has 132 valence electrons. The Morgan fingerprint density at radius 1 is 1.16 bits per heavy atom. The number of benzene rings is 2. The van der Waals surface area contributed by atoms with Crippen LogP contribution in [0, 0.1) is 5.82 Å². The van der Waals surface area contributed by atoms with Crippen molar-refractivity contribution in [1.82, 2.24) is 10.2 Å². The minimum absolute atomic E-state index is 0.284. The lowest BCUT2D eigenvalue weighted by molar-refractivity contribution is 0.0950. The van der Waals surface area contributed by atoms with Gasteiger partial charge in [-0.3, -0.25) is 4.79 Å². The van der Waals surface area contributed by atoms with Crippen LogP contribution in [-0.4, -0.2) is 44.0 Å². The number of rotatable bonds is 4. The third-order valence-corrected chi connectivity index (χ3v) is 4.86. The van der Waals surface area contributed by atoms with E-state index in [4.69, 9.17) is 0 Å². The number of piperazine rings is 1. The predicted octanol–water partition coefficient (Wildman–Crippen LogP) is 3.27. The molecule has 0 atom stereocenters. The zero-order valence-corrected chi connectivity index (χ0v) is 15.7. The molecule has 0 unspecified atom stereocenters. The van der Waals surface area contributed by atoms with Gasteiger partial charge in [0.25, 0.3) is 5.91 Å². The van der Waals surface area contributed by atoms with Gasteiger partial charge in [-0.05, 0) is 36.9 Å². The van der Waals surface area contributed by atoms with Gasteiger partial charge in [-0.25, -0.2) is 4.39 Å². The summed E-state index contributed by atoms with van der Waals surface area (Å²) in [5, 5.41) is 2.89. The van der Waals surface area contributed by atoms with E-state index in [1.54, 1.807) is 6.07 Å². The second-order valence-electron chi connectivity index (χ2n) is 6.26. The van der Waals surface area contributed by atoms with Crippen molar-refractivity contribution in [2.45, 2.75) is 6.54 Å². The van der Waals surface area contributed by atoms with Crippen LogP contribution in [0.1, 0.15) is 15.9 Å². The number of carbonyl (C=O) groups excluding carboxylic acids is 1. The van der Waals surface area contributed by atoms with E-state index in [0.717, 1.165) is 37.4 Å². The summed E-state index contributed by atoms with van der Waals surface area (Å²) in [7, 11) is 2.13. The van der Waals surface area contributed by atoms with Crippen LogP contribution in [0.5, 0.6) is 0 Å². The minimum atomic E-state index is -0.433. The smallest absolute Gasteiger partial charge is 0.251 e. The largest absolute Gasteiger partial charge is 0.369 e. The van der Waals surface area contributed by atoms with Crippen molar-refractivity contribution >= 4 is 27.5 Å². The number of hydrogen-bond donors (Lipinski definition) is 1. The molecule has 2 aromatic carbocycles. The molecule has 0 saturated carbocycles. The van der Waals surface area contributed by atoms with Crippen LogP contribution in [0.2, 0.25) is 0 Å². The van der Waals surface area contributed by atoms with Gasteiger partial charge in [0.2, 0.25) is 0 Å². The van der Waals surface area contributed by atoms with E-state index < -0.39 is 5.82 Å². The first-order chi connectivity index (χ1) is 12.0. The number of carbonyl (C=O) groups is 1. The summed E-state index contributed by atoms with van der Waals surface area (Å²) >= 11 is 3.22. The lowest BCUT2D eigenvalue weighted by Gasteiger charge is -2.35. The summed E-state index contributed by atoms with van der Waals surface area (Å²) in [6, 6.07) is 12.3. The van der Waals surface area contributed by atoms with Gasteiger partial charge in [-0.2, -0.15) is 0 Å². The Morgan fingerprint density at radius 2 is 1.88 bits per heavy atom. The molecule has 1 aliphatic heterocycles. The first-order valence-corrected chi connectivity index (χ1v) is 9.08. The lowest BCUT2D eigenvalue weighted by atomic mass is 10.1. The summed E-state index contributed by atoms with van der Waals surface area (Å²) < 4.78 is 14.0. The number of nitrogens with one attached hydrogen (secondary N) is 1. The third-order valence-electron chi connectivity index (χ3n) is 4.40. The fourth-order valence-electron chi connectivity index (χ4n) is 2.98. The van der Waals surface area contributed by atoms with Gasteiger partial charge in [0.05, 0.1) is 0 Å². The molecule has 1 amide bonds. The quantitative estimate of drug-likeness (QED) is 0.847. The molecule has 0 spiro atoms. The molecule has 6 heteroatoms. The van der Waals surface area contributed by atoms with Gasteiger partial charge in [-0.15, -0.1) is 0 Å². The molecule has 1 heterocycles. The van der Waals surface area contributed by atoms with Crippen LogP contribution >= 0.6 is 15.9 Å². The second kappa shape index (κ2) is 7.97. The van der Waals surface area contributed by atoms with E-state index in [0.29, 0.717) is 16.6 Å². The molecule has 1 fully saturated rings. The number of likely N-dealkylation sites (N-methyl/N-ethyl adjacent to an activating group) is 1. The first-order valence-electron chi connectivity index (χ1n) is 8.28. The Hall–Kier alpha value is -1.92. The molecule has 2 aromatic rings. The summed E-state index contributed by atoms with van der Waals surface area (Å²) in [6.45, 7) is 4.40. The van der Waals surface area contributed by atoms with Crippen molar-refractivity contribution in [3.63, 3.8) is 0 Å². The number of para-hydroxylation sites is 1. The topological polar surface area (TPSA) is 35.6 Å².